The van der Waals surface area contributed by atoms with Gasteiger partial charge in [0.25, 0.3) is 0 Å². The molecule has 0 bridgehead atoms. The minimum Gasteiger partial charge on any atom is -0.497 e. The van der Waals surface area contributed by atoms with E-state index in [0.29, 0.717) is 36.5 Å². The zero-order valence-corrected chi connectivity index (χ0v) is 15.0. The van der Waals surface area contributed by atoms with E-state index in [9.17, 15) is 8.78 Å². The van der Waals surface area contributed by atoms with E-state index in [1.165, 1.54) is 12.1 Å². The maximum absolute atomic E-state index is 14.4. The van der Waals surface area contributed by atoms with Crippen molar-refractivity contribution >= 4 is 11.0 Å². The summed E-state index contributed by atoms with van der Waals surface area (Å²) in [5.41, 5.74) is 2.38. The number of hydrogen-bond acceptors (Lipinski definition) is 4. The van der Waals surface area contributed by atoms with Gasteiger partial charge in [0, 0.05) is 19.6 Å². The molecule has 2 atom stereocenters. The van der Waals surface area contributed by atoms with Crippen LogP contribution in [0.3, 0.4) is 0 Å². The Hall–Kier alpha value is -2.51. The minimum atomic E-state index is -1.05. The first-order chi connectivity index (χ1) is 13.1. The van der Waals surface area contributed by atoms with Gasteiger partial charge in [-0.3, -0.25) is 4.90 Å². The Labute approximate surface area is 155 Å². The van der Waals surface area contributed by atoms with E-state index >= 15 is 0 Å². The predicted molar refractivity (Wildman–Crippen MR) is 97.8 cm³/mol. The molecule has 0 radical (unpaired) electrons. The van der Waals surface area contributed by atoms with Gasteiger partial charge in [-0.05, 0) is 35.9 Å². The number of likely N-dealkylation sites (tertiary alicyclic amines) is 1. The third-order valence-corrected chi connectivity index (χ3v) is 4.77. The lowest BCUT2D eigenvalue weighted by atomic mass is 10.2. The van der Waals surface area contributed by atoms with Gasteiger partial charge in [-0.15, -0.1) is 0 Å². The van der Waals surface area contributed by atoms with Gasteiger partial charge in [0.2, 0.25) is 0 Å². The van der Waals surface area contributed by atoms with Gasteiger partial charge in [0.15, 0.2) is 0 Å². The molecular weight excluding hydrogens is 352 g/mol. The molecule has 0 saturated carbocycles. The summed E-state index contributed by atoms with van der Waals surface area (Å²) >= 11 is 0. The van der Waals surface area contributed by atoms with Crippen molar-refractivity contribution in [3.05, 3.63) is 59.7 Å². The van der Waals surface area contributed by atoms with E-state index in [1.807, 2.05) is 29.2 Å². The number of H-pyrrole nitrogens is 1. The van der Waals surface area contributed by atoms with Crippen LogP contribution < -0.4 is 4.74 Å². The van der Waals surface area contributed by atoms with Crippen molar-refractivity contribution < 1.29 is 18.3 Å². The number of imidazole rings is 1. The molecule has 0 spiro atoms. The molecule has 4 rings (SSSR count). The number of rotatable bonds is 6. The summed E-state index contributed by atoms with van der Waals surface area (Å²) in [7, 11) is 1.63. The maximum Gasteiger partial charge on any atom is 0.140 e. The second-order valence-corrected chi connectivity index (χ2v) is 6.75. The van der Waals surface area contributed by atoms with Crippen LogP contribution in [0.1, 0.15) is 11.4 Å². The molecular formula is C20H21F2N3O2. The summed E-state index contributed by atoms with van der Waals surface area (Å²) in [6, 6.07) is 12.1. The van der Waals surface area contributed by atoms with E-state index in [1.54, 1.807) is 13.2 Å². The lowest BCUT2D eigenvalue weighted by Gasteiger charge is -2.15. The molecule has 27 heavy (non-hydrogen) atoms. The molecule has 3 aromatic rings. The van der Waals surface area contributed by atoms with Crippen molar-refractivity contribution in [2.24, 2.45) is 0 Å². The number of fused-ring (bicyclic) bond motifs is 1. The monoisotopic (exact) mass is 373 g/mol. The van der Waals surface area contributed by atoms with Gasteiger partial charge in [-0.2, -0.15) is 0 Å². The van der Waals surface area contributed by atoms with Crippen LogP contribution in [-0.4, -0.2) is 47.3 Å². The molecule has 7 heteroatoms. The third-order valence-electron chi connectivity index (χ3n) is 4.77. The predicted octanol–water partition coefficient (Wildman–Crippen LogP) is 3.45. The highest BCUT2D eigenvalue weighted by molar-refractivity contribution is 5.74. The summed E-state index contributed by atoms with van der Waals surface area (Å²) in [6.45, 7) is 1.68. The average molecular weight is 373 g/mol. The normalized spacial score (nSPS) is 20.4. The van der Waals surface area contributed by atoms with E-state index in [-0.39, 0.29) is 12.4 Å². The first kappa shape index (κ1) is 17.9. The molecule has 2 aromatic carbocycles. The van der Waals surface area contributed by atoms with E-state index in [0.717, 1.165) is 11.3 Å². The van der Waals surface area contributed by atoms with Crippen molar-refractivity contribution in [1.82, 2.24) is 14.9 Å². The van der Waals surface area contributed by atoms with Crippen molar-refractivity contribution in [1.29, 1.82) is 0 Å². The van der Waals surface area contributed by atoms with Crippen LogP contribution in [0.4, 0.5) is 8.78 Å². The molecule has 142 valence electrons. The number of nitrogens with zero attached hydrogens (tertiary/aromatic N) is 2. The molecule has 0 unspecified atom stereocenters. The number of halogens is 2. The van der Waals surface area contributed by atoms with Crippen molar-refractivity contribution in [3.63, 3.8) is 0 Å². The molecule has 1 fully saturated rings. The number of benzene rings is 2. The van der Waals surface area contributed by atoms with Crippen molar-refractivity contribution in [3.8, 4) is 5.75 Å². The molecule has 0 aliphatic carbocycles. The molecule has 1 aromatic heterocycles. The van der Waals surface area contributed by atoms with Gasteiger partial charge >= 0.3 is 0 Å². The number of aromatic nitrogens is 2. The van der Waals surface area contributed by atoms with Crippen LogP contribution in [0.15, 0.2) is 42.5 Å². The highest BCUT2D eigenvalue weighted by Crippen LogP contribution is 2.22. The lowest BCUT2D eigenvalue weighted by Crippen LogP contribution is -2.24. The van der Waals surface area contributed by atoms with Crippen LogP contribution in [0.5, 0.6) is 5.75 Å². The summed E-state index contributed by atoms with van der Waals surface area (Å²) in [5, 5.41) is 0. The molecule has 1 aliphatic rings. The summed E-state index contributed by atoms with van der Waals surface area (Å²) < 4.78 is 38.5. The highest BCUT2D eigenvalue weighted by Gasteiger charge is 2.33. The van der Waals surface area contributed by atoms with Crippen LogP contribution >= 0.6 is 0 Å². The minimum absolute atomic E-state index is 0.164. The Bertz CT molecular complexity index is 913. The topological polar surface area (TPSA) is 50.4 Å². The van der Waals surface area contributed by atoms with Crippen LogP contribution in [-0.2, 0) is 17.9 Å². The standard InChI is InChI=1S/C20H21F2N3O2/c1-26-15-5-2-13(3-6-15)9-25-10-16(22)19(11-25)27-12-20-23-17-7-4-14(21)8-18(17)24-20/h2-8,16,19H,9-12H2,1H3,(H,23,24)/t16-,19+/m1/s1. The first-order valence-electron chi connectivity index (χ1n) is 8.86. The molecule has 1 N–H and O–H groups in total. The Morgan fingerprint density at radius 3 is 2.78 bits per heavy atom. The maximum atomic E-state index is 14.4. The average Bonchev–Trinajstić information content (AvgIpc) is 3.22. The smallest absolute Gasteiger partial charge is 0.140 e. The van der Waals surface area contributed by atoms with Crippen LogP contribution in [0.25, 0.3) is 11.0 Å². The fraction of sp³-hybridized carbons (Fsp3) is 0.350. The Balaban J connectivity index is 1.33. The van der Waals surface area contributed by atoms with Gasteiger partial charge in [-0.25, -0.2) is 13.8 Å². The van der Waals surface area contributed by atoms with Crippen molar-refractivity contribution in [2.75, 3.05) is 20.2 Å². The largest absolute Gasteiger partial charge is 0.497 e. The number of ether oxygens (including phenoxy) is 2. The molecule has 5 nitrogen and oxygen atoms in total. The number of methoxy groups -OCH3 is 1. The second-order valence-electron chi connectivity index (χ2n) is 6.75. The highest BCUT2D eigenvalue weighted by atomic mass is 19.1. The van der Waals surface area contributed by atoms with Gasteiger partial charge in [0.1, 0.15) is 36.3 Å². The summed E-state index contributed by atoms with van der Waals surface area (Å²) in [6.07, 6.45) is -1.56. The van der Waals surface area contributed by atoms with Gasteiger partial charge in [-0.1, -0.05) is 12.1 Å². The van der Waals surface area contributed by atoms with E-state index in [2.05, 4.69) is 9.97 Å². The van der Waals surface area contributed by atoms with E-state index in [4.69, 9.17) is 9.47 Å². The fourth-order valence-corrected chi connectivity index (χ4v) is 3.37. The quantitative estimate of drug-likeness (QED) is 0.719. The number of alkyl halides is 1. The fourth-order valence-electron chi connectivity index (χ4n) is 3.37. The molecule has 1 saturated heterocycles. The second kappa shape index (κ2) is 7.62. The van der Waals surface area contributed by atoms with Gasteiger partial charge < -0.3 is 14.5 Å². The number of aromatic amines is 1. The number of hydrogen-bond donors (Lipinski definition) is 1. The Kier molecular flexibility index (Phi) is 5.05. The van der Waals surface area contributed by atoms with Gasteiger partial charge in [0.05, 0.1) is 18.1 Å². The third kappa shape index (κ3) is 4.09. The van der Waals surface area contributed by atoms with Crippen LogP contribution in [0.2, 0.25) is 0 Å². The SMILES string of the molecule is COc1ccc(CN2C[C@@H](F)[C@@H](OCc3nc4ccc(F)cc4[nH]3)C2)cc1. The number of nitrogens with one attached hydrogen (secondary N) is 1. The Morgan fingerprint density at radius 1 is 1.19 bits per heavy atom. The zero-order chi connectivity index (χ0) is 18.8. The summed E-state index contributed by atoms with van der Waals surface area (Å²) in [4.78, 5) is 9.39. The molecule has 2 heterocycles. The zero-order valence-electron chi connectivity index (χ0n) is 15.0. The van der Waals surface area contributed by atoms with Crippen LogP contribution in [0, 0.1) is 5.82 Å². The molecule has 0 amide bonds. The van der Waals surface area contributed by atoms with Crippen molar-refractivity contribution in [2.45, 2.75) is 25.4 Å². The summed E-state index contributed by atoms with van der Waals surface area (Å²) in [5.74, 6) is 1.04. The van der Waals surface area contributed by atoms with E-state index < -0.39 is 12.3 Å². The Morgan fingerprint density at radius 2 is 2.00 bits per heavy atom. The molecule has 1 aliphatic heterocycles. The first-order valence-corrected chi connectivity index (χ1v) is 8.86. The lowest BCUT2D eigenvalue weighted by molar-refractivity contribution is 0.00863.